The Hall–Kier alpha value is -2.48. The van der Waals surface area contributed by atoms with E-state index in [2.05, 4.69) is 10.6 Å². The summed E-state index contributed by atoms with van der Waals surface area (Å²) < 4.78 is 4.88. The molecule has 0 fully saturated rings. The second kappa shape index (κ2) is 10.3. The predicted molar refractivity (Wildman–Crippen MR) is 84.7 cm³/mol. The first kappa shape index (κ1) is 17.6. The van der Waals surface area contributed by atoms with Gasteiger partial charge in [-0.3, -0.25) is 4.79 Å². The zero-order chi connectivity index (χ0) is 16.2. The summed E-state index contributed by atoms with van der Waals surface area (Å²) in [5.41, 5.74) is 0.718. The maximum atomic E-state index is 11.8. The summed E-state index contributed by atoms with van der Waals surface area (Å²) in [4.78, 5) is 12.6. The number of carbonyl (C=O) groups excluding carboxylic acids is 1. The molecule has 0 spiro atoms. The molecule has 0 atom stereocenters. The van der Waals surface area contributed by atoms with Crippen molar-refractivity contribution in [3.05, 3.63) is 36.0 Å². The van der Waals surface area contributed by atoms with Crippen LogP contribution in [0.3, 0.4) is 0 Å². The van der Waals surface area contributed by atoms with Crippen molar-refractivity contribution in [2.24, 2.45) is 0 Å². The van der Waals surface area contributed by atoms with Gasteiger partial charge in [-0.1, -0.05) is 0 Å². The third-order valence-electron chi connectivity index (χ3n) is 2.58. The van der Waals surface area contributed by atoms with Gasteiger partial charge in [0.1, 0.15) is 17.0 Å². The Bertz CT molecular complexity index is 599. The van der Waals surface area contributed by atoms with Crippen LogP contribution in [0.25, 0.3) is 0 Å². The van der Waals surface area contributed by atoms with E-state index in [1.54, 1.807) is 31.4 Å². The van der Waals surface area contributed by atoms with Crippen molar-refractivity contribution in [2.75, 3.05) is 25.6 Å². The third-order valence-corrected chi connectivity index (χ3v) is 3.18. The van der Waals surface area contributed by atoms with E-state index in [1.165, 1.54) is 6.20 Å². The minimum absolute atomic E-state index is 0.00658. The largest absolute Gasteiger partial charge is 0.385 e. The van der Waals surface area contributed by atoms with E-state index in [0.717, 1.165) is 22.3 Å². The quantitative estimate of drug-likeness (QED) is 0.251. The maximum absolute atomic E-state index is 11.8. The van der Waals surface area contributed by atoms with E-state index in [4.69, 9.17) is 15.3 Å². The predicted octanol–water partition coefficient (Wildman–Crippen LogP) is 2.23. The molecule has 114 valence electrons. The van der Waals surface area contributed by atoms with Crippen LogP contribution in [0.15, 0.2) is 40.9 Å². The molecule has 0 radical (unpaired) electrons. The molecule has 22 heavy (non-hydrogen) atoms. The molecule has 6 nitrogen and oxygen atoms in total. The highest BCUT2D eigenvalue weighted by atomic mass is 32.2. The number of methoxy groups -OCH3 is 1. The molecule has 0 aliphatic rings. The van der Waals surface area contributed by atoms with Crippen LogP contribution in [0.4, 0.5) is 5.69 Å². The fraction of sp³-hybridized carbons (Fsp3) is 0.267. The summed E-state index contributed by atoms with van der Waals surface area (Å²) in [6.45, 7) is 1.00. The number of thiocyanates is 1. The molecule has 0 saturated heterocycles. The molecular formula is C15H16N4O2S. The number of ether oxygens (including phenoxy) is 1. The molecule has 2 N–H and O–H groups in total. The lowest BCUT2D eigenvalue weighted by Crippen LogP contribution is -2.26. The molecular weight excluding hydrogens is 300 g/mol. The Morgan fingerprint density at radius 1 is 1.36 bits per heavy atom. The van der Waals surface area contributed by atoms with E-state index in [9.17, 15) is 4.79 Å². The first-order chi connectivity index (χ1) is 10.7. The van der Waals surface area contributed by atoms with Crippen LogP contribution >= 0.6 is 11.8 Å². The van der Waals surface area contributed by atoms with Crippen LogP contribution in [0.1, 0.15) is 6.42 Å². The second-order valence-corrected chi connectivity index (χ2v) is 4.99. The smallest absolute Gasteiger partial charge is 0.263 e. The van der Waals surface area contributed by atoms with Gasteiger partial charge in [-0.2, -0.15) is 10.5 Å². The van der Waals surface area contributed by atoms with Crippen molar-refractivity contribution in [1.82, 2.24) is 5.32 Å². The monoisotopic (exact) mass is 316 g/mol. The second-order valence-electron chi connectivity index (χ2n) is 4.13. The fourth-order valence-corrected chi connectivity index (χ4v) is 1.87. The lowest BCUT2D eigenvalue weighted by molar-refractivity contribution is -0.117. The third kappa shape index (κ3) is 6.31. The van der Waals surface area contributed by atoms with Crippen LogP contribution in [0.5, 0.6) is 0 Å². The summed E-state index contributed by atoms with van der Waals surface area (Å²) in [6.07, 6.45) is 2.05. The van der Waals surface area contributed by atoms with Crippen molar-refractivity contribution in [3.63, 3.8) is 0 Å². The summed E-state index contributed by atoms with van der Waals surface area (Å²) >= 11 is 1.07. The molecule has 0 aromatic heterocycles. The van der Waals surface area contributed by atoms with Crippen LogP contribution in [0, 0.1) is 22.0 Å². The maximum Gasteiger partial charge on any atom is 0.263 e. The topological polar surface area (TPSA) is 97.9 Å². The molecule has 0 saturated carbocycles. The molecule has 1 aromatic carbocycles. The van der Waals surface area contributed by atoms with Crippen molar-refractivity contribution < 1.29 is 9.53 Å². The van der Waals surface area contributed by atoms with Gasteiger partial charge in [-0.15, -0.1) is 0 Å². The van der Waals surface area contributed by atoms with Gasteiger partial charge in [-0.25, -0.2) is 0 Å². The van der Waals surface area contributed by atoms with Crippen LogP contribution in [-0.4, -0.2) is 26.2 Å². The first-order valence-electron chi connectivity index (χ1n) is 6.51. The number of carbonyl (C=O) groups is 1. The van der Waals surface area contributed by atoms with Gasteiger partial charge in [0.25, 0.3) is 5.91 Å². The summed E-state index contributed by atoms with van der Waals surface area (Å²) in [6, 6.07) is 8.94. The number of hydrogen-bond donors (Lipinski definition) is 2. The Kier molecular flexibility index (Phi) is 8.21. The van der Waals surface area contributed by atoms with Gasteiger partial charge >= 0.3 is 0 Å². The zero-order valence-corrected chi connectivity index (χ0v) is 12.9. The van der Waals surface area contributed by atoms with Crippen LogP contribution < -0.4 is 10.6 Å². The zero-order valence-electron chi connectivity index (χ0n) is 12.1. The Balaban J connectivity index is 2.56. The van der Waals surface area contributed by atoms with E-state index in [-0.39, 0.29) is 5.57 Å². The lowest BCUT2D eigenvalue weighted by Gasteiger charge is -2.05. The standard InChI is InChI=1S/C15H16N4O2S/c1-21-8-2-7-18-15(20)12(9-16)10-19-13-3-5-14(6-4-13)22-11-17/h3-6,10,19H,2,7-8H2,1H3,(H,18,20)/b12-10-. The fourth-order valence-electron chi connectivity index (χ4n) is 1.49. The number of nitrogens with one attached hydrogen (secondary N) is 2. The summed E-state index contributed by atoms with van der Waals surface area (Å²) in [7, 11) is 1.59. The highest BCUT2D eigenvalue weighted by molar-refractivity contribution is 8.03. The van der Waals surface area contributed by atoms with Crippen LogP contribution in [-0.2, 0) is 9.53 Å². The van der Waals surface area contributed by atoms with Gasteiger partial charge in [0, 0.05) is 37.0 Å². The molecule has 1 aromatic rings. The molecule has 1 amide bonds. The van der Waals surface area contributed by atoms with Crippen molar-refractivity contribution in [2.45, 2.75) is 11.3 Å². The van der Waals surface area contributed by atoms with Gasteiger partial charge in [0.05, 0.1) is 0 Å². The number of nitrogens with zero attached hydrogens (tertiary/aromatic N) is 2. The normalized spacial score (nSPS) is 10.4. The SMILES string of the molecule is COCCCNC(=O)/C(C#N)=C\Nc1ccc(SC#N)cc1. The van der Waals surface area contributed by atoms with Crippen molar-refractivity contribution >= 4 is 23.4 Å². The van der Waals surface area contributed by atoms with Gasteiger partial charge in [0.15, 0.2) is 0 Å². The summed E-state index contributed by atoms with van der Waals surface area (Å²) in [5, 5.41) is 25.1. The average Bonchev–Trinajstić information content (AvgIpc) is 2.54. The highest BCUT2D eigenvalue weighted by Crippen LogP contribution is 2.19. The van der Waals surface area contributed by atoms with E-state index in [0.29, 0.717) is 19.6 Å². The molecule has 0 aliphatic carbocycles. The van der Waals surface area contributed by atoms with Crippen LogP contribution in [0.2, 0.25) is 0 Å². The molecule has 0 unspecified atom stereocenters. The Morgan fingerprint density at radius 3 is 2.68 bits per heavy atom. The molecule has 0 heterocycles. The lowest BCUT2D eigenvalue weighted by atomic mass is 10.2. The van der Waals surface area contributed by atoms with E-state index < -0.39 is 5.91 Å². The Labute approximate surface area is 133 Å². The van der Waals surface area contributed by atoms with Crippen molar-refractivity contribution in [1.29, 1.82) is 10.5 Å². The van der Waals surface area contributed by atoms with Gasteiger partial charge < -0.3 is 15.4 Å². The number of thioether (sulfide) groups is 1. The van der Waals surface area contributed by atoms with Gasteiger partial charge in [-0.05, 0) is 42.4 Å². The number of rotatable bonds is 8. The molecule has 7 heteroatoms. The molecule has 0 bridgehead atoms. The molecule has 1 rings (SSSR count). The van der Waals surface area contributed by atoms with Gasteiger partial charge in [0.2, 0.25) is 0 Å². The van der Waals surface area contributed by atoms with E-state index >= 15 is 0 Å². The van der Waals surface area contributed by atoms with Crippen molar-refractivity contribution in [3.8, 4) is 11.5 Å². The highest BCUT2D eigenvalue weighted by Gasteiger charge is 2.07. The number of benzene rings is 1. The van der Waals surface area contributed by atoms with E-state index in [1.807, 2.05) is 11.5 Å². The Morgan fingerprint density at radius 2 is 2.09 bits per heavy atom. The summed E-state index contributed by atoms with van der Waals surface area (Å²) in [5.74, 6) is -0.428. The first-order valence-corrected chi connectivity index (χ1v) is 7.33. The minimum Gasteiger partial charge on any atom is -0.385 e. The molecule has 0 aliphatic heterocycles. The minimum atomic E-state index is -0.428. The average molecular weight is 316 g/mol. The number of anilines is 1. The number of amides is 1. The number of nitriles is 2. The number of hydrogen-bond acceptors (Lipinski definition) is 6.